The molecule has 0 aromatic heterocycles. The van der Waals surface area contributed by atoms with Crippen molar-refractivity contribution < 1.29 is 22.0 Å². The van der Waals surface area contributed by atoms with Crippen LogP contribution in [-0.4, -0.2) is 50.7 Å². The van der Waals surface area contributed by atoms with E-state index in [-0.39, 0.29) is 13.0 Å². The summed E-state index contributed by atoms with van der Waals surface area (Å²) >= 11 is 0. The van der Waals surface area contributed by atoms with E-state index < -0.39 is 40.3 Å². The molecule has 1 fully saturated rings. The van der Waals surface area contributed by atoms with E-state index >= 15 is 0 Å². The number of amides is 2. The molecule has 1 saturated heterocycles. The molecule has 2 atom stereocenters. The van der Waals surface area contributed by atoms with E-state index in [1.807, 2.05) is 0 Å². The smallest absolute Gasteiger partial charge is 0.318 e. The van der Waals surface area contributed by atoms with Gasteiger partial charge in [0.1, 0.15) is 0 Å². The van der Waals surface area contributed by atoms with Gasteiger partial charge in [-0.25, -0.2) is 22.0 Å². The van der Waals surface area contributed by atoms with Gasteiger partial charge in [-0.2, -0.15) is 0 Å². The molecule has 1 aliphatic rings. The number of carbonyl (C=O) groups excluding carboxylic acids is 1. The van der Waals surface area contributed by atoms with Crippen LogP contribution in [0.5, 0.6) is 0 Å². The summed E-state index contributed by atoms with van der Waals surface area (Å²) in [6, 6.07) is -1.15. The molecule has 0 radical (unpaired) electrons. The van der Waals surface area contributed by atoms with Gasteiger partial charge in [-0.15, -0.1) is 0 Å². The molecule has 0 aliphatic carbocycles. The lowest BCUT2D eigenvalue weighted by Gasteiger charge is -2.38. The monoisotopic (exact) mass is 324 g/mol. The van der Waals surface area contributed by atoms with Crippen LogP contribution in [-0.2, 0) is 9.84 Å². The largest absolute Gasteiger partial charge is 0.332 e. The van der Waals surface area contributed by atoms with Gasteiger partial charge in [0.25, 0.3) is 5.92 Å². The van der Waals surface area contributed by atoms with Crippen LogP contribution in [0.2, 0.25) is 0 Å². The van der Waals surface area contributed by atoms with Crippen molar-refractivity contribution in [3.05, 3.63) is 11.5 Å². The van der Waals surface area contributed by atoms with Crippen LogP contribution in [0.15, 0.2) is 11.5 Å². The van der Waals surface area contributed by atoms with Crippen LogP contribution in [0.3, 0.4) is 0 Å². The Morgan fingerprint density at radius 2 is 2.14 bits per heavy atom. The summed E-state index contributed by atoms with van der Waals surface area (Å²) in [6.07, 6.45) is 3.00. The van der Waals surface area contributed by atoms with Crippen molar-refractivity contribution in [3.63, 3.8) is 0 Å². The summed E-state index contributed by atoms with van der Waals surface area (Å²) < 4.78 is 49.5. The summed E-state index contributed by atoms with van der Waals surface area (Å²) in [5, 5.41) is 3.48. The van der Waals surface area contributed by atoms with Crippen molar-refractivity contribution in [2.24, 2.45) is 5.92 Å². The fourth-order valence-electron chi connectivity index (χ4n) is 2.26. The highest BCUT2D eigenvalue weighted by atomic mass is 32.2. The average Bonchev–Trinajstić information content (AvgIpc) is 2.34. The van der Waals surface area contributed by atoms with E-state index in [2.05, 4.69) is 5.32 Å². The highest BCUT2D eigenvalue weighted by Crippen LogP contribution is 2.34. The van der Waals surface area contributed by atoms with E-state index in [1.165, 1.54) is 6.08 Å². The number of sulfone groups is 1. The maximum absolute atomic E-state index is 13.8. The standard InChI is InChI=1S/C13H22F2N2O3S/c1-4-11-5-7-17(9-13(11,14)15)12(18)16-10(2)6-8-21(3,19)20/h6,8,10-11H,4-5,7,9H2,1-3H3,(H,16,18)/b8-6+/t10-,11+/m0/s1. The zero-order valence-electron chi connectivity index (χ0n) is 12.5. The fourth-order valence-corrected chi connectivity index (χ4v) is 2.78. The minimum absolute atomic E-state index is 0.268. The average molecular weight is 324 g/mol. The molecule has 0 unspecified atom stereocenters. The van der Waals surface area contributed by atoms with Crippen LogP contribution in [0, 0.1) is 5.92 Å². The normalized spacial score (nSPS) is 24.0. The number of halogens is 2. The molecule has 0 aromatic rings. The molecule has 1 rings (SSSR count). The van der Waals surface area contributed by atoms with Gasteiger partial charge in [-0.1, -0.05) is 13.0 Å². The topological polar surface area (TPSA) is 66.5 Å². The van der Waals surface area contributed by atoms with Crippen molar-refractivity contribution in [2.45, 2.75) is 38.7 Å². The molecule has 1 aliphatic heterocycles. The second kappa shape index (κ2) is 6.72. The third-order valence-corrected chi connectivity index (χ3v) is 4.14. The van der Waals surface area contributed by atoms with Gasteiger partial charge >= 0.3 is 6.03 Å². The Balaban J connectivity index is 2.59. The fraction of sp³-hybridized carbons (Fsp3) is 0.769. The van der Waals surface area contributed by atoms with Crippen molar-refractivity contribution in [1.82, 2.24) is 10.2 Å². The summed E-state index contributed by atoms with van der Waals surface area (Å²) in [6.45, 7) is 2.98. The van der Waals surface area contributed by atoms with Gasteiger partial charge in [-0.3, -0.25) is 0 Å². The van der Waals surface area contributed by atoms with Crippen molar-refractivity contribution in [1.29, 1.82) is 0 Å². The van der Waals surface area contributed by atoms with Crippen LogP contribution in [0.4, 0.5) is 13.6 Å². The van der Waals surface area contributed by atoms with Gasteiger partial charge in [-0.05, 0) is 19.8 Å². The lowest BCUT2D eigenvalue weighted by molar-refractivity contribution is -0.101. The summed E-state index contributed by atoms with van der Waals surface area (Å²) in [4.78, 5) is 13.0. The summed E-state index contributed by atoms with van der Waals surface area (Å²) in [5.74, 6) is -3.57. The Morgan fingerprint density at radius 1 is 1.52 bits per heavy atom. The first-order valence-electron chi connectivity index (χ1n) is 6.86. The molecular formula is C13H22F2N2O3S. The van der Waals surface area contributed by atoms with Gasteiger partial charge in [0.05, 0.1) is 6.54 Å². The predicted octanol–water partition coefficient (Wildman–Crippen LogP) is 2.01. The molecular weight excluding hydrogens is 302 g/mol. The number of hydrogen-bond acceptors (Lipinski definition) is 3. The van der Waals surface area contributed by atoms with E-state index in [0.717, 1.165) is 16.6 Å². The Bertz CT molecular complexity index is 506. The second-order valence-corrected chi connectivity index (χ2v) is 7.40. The number of nitrogens with zero attached hydrogens (tertiary/aromatic N) is 1. The first-order chi connectivity index (χ1) is 9.55. The van der Waals surface area contributed by atoms with E-state index in [9.17, 15) is 22.0 Å². The molecule has 5 nitrogen and oxygen atoms in total. The van der Waals surface area contributed by atoms with Gasteiger partial charge < -0.3 is 10.2 Å². The van der Waals surface area contributed by atoms with E-state index in [1.54, 1.807) is 13.8 Å². The minimum Gasteiger partial charge on any atom is -0.332 e. The van der Waals surface area contributed by atoms with Crippen LogP contribution in [0.1, 0.15) is 26.7 Å². The predicted molar refractivity (Wildman–Crippen MR) is 76.9 cm³/mol. The number of likely N-dealkylation sites (tertiary alicyclic amines) is 1. The number of alkyl halides is 2. The van der Waals surface area contributed by atoms with E-state index in [0.29, 0.717) is 6.42 Å². The molecule has 0 spiro atoms. The third-order valence-electron chi connectivity index (χ3n) is 3.49. The first-order valence-corrected chi connectivity index (χ1v) is 8.82. The highest BCUT2D eigenvalue weighted by molar-refractivity contribution is 7.93. The number of carbonyl (C=O) groups is 1. The lowest BCUT2D eigenvalue weighted by atomic mass is 9.91. The summed E-state index contributed by atoms with van der Waals surface area (Å²) in [7, 11) is -3.27. The SMILES string of the molecule is CC[C@@H]1CCN(C(=O)N[C@@H](C)/C=C/S(C)(=O)=O)CC1(F)F. The second-order valence-electron chi connectivity index (χ2n) is 5.47. The molecule has 21 heavy (non-hydrogen) atoms. The molecule has 0 aromatic carbocycles. The number of piperidine rings is 1. The Morgan fingerprint density at radius 3 is 2.62 bits per heavy atom. The zero-order valence-corrected chi connectivity index (χ0v) is 13.3. The highest BCUT2D eigenvalue weighted by Gasteiger charge is 2.44. The van der Waals surface area contributed by atoms with Crippen molar-refractivity contribution in [2.75, 3.05) is 19.3 Å². The maximum atomic E-state index is 13.8. The number of nitrogens with one attached hydrogen (secondary N) is 1. The van der Waals surface area contributed by atoms with Crippen LogP contribution < -0.4 is 5.32 Å². The lowest BCUT2D eigenvalue weighted by Crippen LogP contribution is -2.54. The Labute approximate surface area is 124 Å². The van der Waals surface area contributed by atoms with E-state index in [4.69, 9.17) is 0 Å². The number of hydrogen-bond donors (Lipinski definition) is 1. The molecule has 2 amide bonds. The van der Waals surface area contributed by atoms with Crippen LogP contribution >= 0.6 is 0 Å². The molecule has 0 saturated carbocycles. The van der Waals surface area contributed by atoms with Gasteiger partial charge in [0.15, 0.2) is 9.84 Å². The Hall–Kier alpha value is -1.18. The third kappa shape index (κ3) is 5.61. The van der Waals surface area contributed by atoms with Crippen LogP contribution in [0.25, 0.3) is 0 Å². The van der Waals surface area contributed by atoms with Gasteiger partial charge in [0.2, 0.25) is 0 Å². The molecule has 1 heterocycles. The van der Waals surface area contributed by atoms with Crippen molar-refractivity contribution in [3.8, 4) is 0 Å². The number of rotatable bonds is 4. The maximum Gasteiger partial charge on any atom is 0.318 e. The molecule has 1 N–H and O–H groups in total. The first kappa shape index (κ1) is 17.9. The van der Waals surface area contributed by atoms with Gasteiger partial charge in [0, 0.05) is 30.2 Å². The van der Waals surface area contributed by atoms with Crippen molar-refractivity contribution >= 4 is 15.9 Å². The minimum atomic E-state index is -3.27. The summed E-state index contributed by atoms with van der Waals surface area (Å²) in [5.41, 5.74) is 0. The molecule has 0 bridgehead atoms. The zero-order chi connectivity index (χ0) is 16.3. The molecule has 8 heteroatoms. The number of urea groups is 1. The quantitative estimate of drug-likeness (QED) is 0.860. The Kier molecular flexibility index (Phi) is 5.72. The molecule has 122 valence electrons.